The third-order valence-corrected chi connectivity index (χ3v) is 1.96. The molecule has 0 aromatic heterocycles. The molecule has 0 atom stereocenters. The van der Waals surface area contributed by atoms with Gasteiger partial charge in [-0.25, -0.2) is 0 Å². The molecule has 1 aliphatic carbocycles. The van der Waals surface area contributed by atoms with Gasteiger partial charge in [-0.1, -0.05) is 23.2 Å². The minimum absolute atomic E-state index is 0.227. The van der Waals surface area contributed by atoms with Gasteiger partial charge in [0.2, 0.25) is 12.4 Å². The third kappa shape index (κ3) is 2.20. The molecule has 0 unspecified atom stereocenters. The van der Waals surface area contributed by atoms with Gasteiger partial charge in [0.25, 0.3) is 0 Å². The van der Waals surface area contributed by atoms with E-state index in [1.54, 1.807) is 12.4 Å². The Morgan fingerprint density at radius 1 is 0.929 bits per heavy atom. The van der Waals surface area contributed by atoms with Gasteiger partial charge >= 0.3 is 0 Å². The molecule has 14 heavy (non-hydrogen) atoms. The number of nitriles is 2. The molecular formula is C8H2Cl2N4. The fraction of sp³-hybridized carbons (Fsp3) is 0. The van der Waals surface area contributed by atoms with Crippen LogP contribution in [0.4, 0.5) is 0 Å². The van der Waals surface area contributed by atoms with Crippen LogP contribution in [0, 0.1) is 22.9 Å². The van der Waals surface area contributed by atoms with Gasteiger partial charge in [0, 0.05) is 0 Å². The van der Waals surface area contributed by atoms with Crippen LogP contribution >= 0.6 is 23.2 Å². The molecule has 0 amide bonds. The van der Waals surface area contributed by atoms with Crippen molar-refractivity contribution in [3.8, 4) is 12.4 Å². The van der Waals surface area contributed by atoms with Gasteiger partial charge in [-0.15, -0.1) is 0 Å². The van der Waals surface area contributed by atoms with Gasteiger partial charge in [-0.05, 0) is 12.2 Å². The van der Waals surface area contributed by atoms with Gasteiger partial charge in [0.05, 0.1) is 21.5 Å². The first kappa shape index (κ1) is 10.5. The molecule has 0 fully saturated rings. The topological polar surface area (TPSA) is 72.3 Å². The molecule has 0 spiro atoms. The van der Waals surface area contributed by atoms with Gasteiger partial charge in [-0.2, -0.15) is 20.5 Å². The first-order chi connectivity index (χ1) is 6.69. The highest BCUT2D eigenvalue weighted by atomic mass is 35.5. The van der Waals surface area contributed by atoms with Gasteiger partial charge in [0.1, 0.15) is 0 Å². The number of halogens is 2. The first-order valence-corrected chi connectivity index (χ1v) is 4.13. The van der Waals surface area contributed by atoms with E-state index in [0.717, 1.165) is 0 Å². The van der Waals surface area contributed by atoms with E-state index in [1.807, 2.05) is 0 Å². The highest BCUT2D eigenvalue weighted by Crippen LogP contribution is 2.19. The summed E-state index contributed by atoms with van der Waals surface area (Å²) in [5, 5.41) is 17.1. The smallest absolute Gasteiger partial charge is 0.172 e. The van der Waals surface area contributed by atoms with E-state index in [0.29, 0.717) is 0 Å². The Morgan fingerprint density at radius 3 is 1.57 bits per heavy atom. The van der Waals surface area contributed by atoms with E-state index in [-0.39, 0.29) is 21.5 Å². The Labute approximate surface area is 90.1 Å². The zero-order chi connectivity index (χ0) is 10.6. The molecule has 0 heterocycles. The van der Waals surface area contributed by atoms with Crippen molar-refractivity contribution in [2.75, 3.05) is 0 Å². The predicted octanol–water partition coefficient (Wildman–Crippen LogP) is 2.09. The average molecular weight is 225 g/mol. The Balaban J connectivity index is 3.17. The molecule has 0 saturated heterocycles. The van der Waals surface area contributed by atoms with Crippen LogP contribution in [0.2, 0.25) is 0 Å². The summed E-state index contributed by atoms with van der Waals surface area (Å²) in [4.78, 5) is 6.87. The molecule has 0 radical (unpaired) electrons. The quantitative estimate of drug-likeness (QED) is 0.467. The second-order valence-electron chi connectivity index (χ2n) is 2.18. The summed E-state index contributed by atoms with van der Waals surface area (Å²) in [6, 6.07) is 0. The number of hydrogen-bond donors (Lipinski definition) is 0. The molecular weight excluding hydrogens is 223 g/mol. The maximum Gasteiger partial charge on any atom is 0.206 e. The first-order valence-electron chi connectivity index (χ1n) is 3.37. The summed E-state index contributed by atoms with van der Waals surface area (Å²) >= 11 is 11.5. The van der Waals surface area contributed by atoms with E-state index < -0.39 is 0 Å². The molecule has 0 aromatic rings. The maximum atomic E-state index is 8.31. The predicted molar refractivity (Wildman–Crippen MR) is 54.0 cm³/mol. The van der Waals surface area contributed by atoms with Crippen molar-refractivity contribution in [1.82, 2.24) is 0 Å². The Kier molecular flexibility index (Phi) is 3.41. The molecule has 6 heteroatoms. The van der Waals surface area contributed by atoms with Crippen molar-refractivity contribution >= 4 is 34.6 Å². The van der Waals surface area contributed by atoms with Gasteiger partial charge in [-0.3, -0.25) is 0 Å². The lowest BCUT2D eigenvalue weighted by Crippen LogP contribution is -2.07. The average Bonchev–Trinajstić information content (AvgIpc) is 2.14. The molecule has 0 saturated carbocycles. The Bertz CT molecular complexity index is 413. The molecule has 4 nitrogen and oxygen atoms in total. The second-order valence-corrected chi connectivity index (χ2v) is 2.99. The van der Waals surface area contributed by atoms with Crippen LogP contribution in [0.5, 0.6) is 0 Å². The van der Waals surface area contributed by atoms with Crippen molar-refractivity contribution in [3.63, 3.8) is 0 Å². The summed E-state index contributed by atoms with van der Waals surface area (Å²) in [7, 11) is 0. The van der Waals surface area contributed by atoms with E-state index in [4.69, 9.17) is 33.7 Å². The molecule has 1 aliphatic rings. The van der Waals surface area contributed by atoms with E-state index >= 15 is 0 Å². The van der Waals surface area contributed by atoms with Crippen molar-refractivity contribution in [2.45, 2.75) is 0 Å². The summed E-state index contributed by atoms with van der Waals surface area (Å²) in [6.45, 7) is 0. The van der Waals surface area contributed by atoms with Crippen LogP contribution < -0.4 is 0 Å². The minimum Gasteiger partial charge on any atom is -0.172 e. The number of rotatable bonds is 0. The molecule has 1 rings (SSSR count). The van der Waals surface area contributed by atoms with E-state index in [9.17, 15) is 0 Å². The lowest BCUT2D eigenvalue weighted by molar-refractivity contribution is 1.43. The summed E-state index contributed by atoms with van der Waals surface area (Å²) in [5.74, 6) is 0. The summed E-state index contributed by atoms with van der Waals surface area (Å²) < 4.78 is 0. The van der Waals surface area contributed by atoms with Gasteiger partial charge < -0.3 is 0 Å². The highest BCUT2D eigenvalue weighted by Gasteiger charge is 2.14. The SMILES string of the molecule is N#C/N=C1C=C(Cl)/C(=N\C#N)C=C/1Cl. The van der Waals surface area contributed by atoms with Crippen LogP contribution in [0.15, 0.2) is 32.2 Å². The normalized spacial score (nSPS) is 21.1. The zero-order valence-electron chi connectivity index (χ0n) is 6.70. The van der Waals surface area contributed by atoms with E-state index in [2.05, 4.69) is 9.98 Å². The molecule has 0 bridgehead atoms. The standard InChI is InChI=1S/C8H2Cl2N4/c9-5-1-7(13-3-11)6(10)2-8(5)14-4-12/h1-2H/b13-7-,14-8-. The molecule has 0 N–H and O–H groups in total. The van der Waals surface area contributed by atoms with Crippen molar-refractivity contribution < 1.29 is 0 Å². The van der Waals surface area contributed by atoms with E-state index in [1.165, 1.54) is 12.2 Å². The van der Waals surface area contributed by atoms with Crippen molar-refractivity contribution in [3.05, 3.63) is 22.2 Å². The summed E-state index contributed by atoms with van der Waals surface area (Å²) in [6.07, 6.45) is 5.94. The lowest BCUT2D eigenvalue weighted by Gasteiger charge is -2.06. The maximum absolute atomic E-state index is 8.31. The zero-order valence-corrected chi connectivity index (χ0v) is 8.21. The van der Waals surface area contributed by atoms with Crippen molar-refractivity contribution in [2.24, 2.45) is 9.98 Å². The Hall–Kier alpha value is -1.62. The van der Waals surface area contributed by atoms with Gasteiger partial charge in [0.15, 0.2) is 0 Å². The Morgan fingerprint density at radius 2 is 1.29 bits per heavy atom. The minimum atomic E-state index is 0.227. The molecule has 68 valence electrons. The third-order valence-electron chi connectivity index (χ3n) is 1.36. The van der Waals surface area contributed by atoms with Crippen molar-refractivity contribution in [1.29, 1.82) is 10.5 Å². The van der Waals surface area contributed by atoms with Crippen LogP contribution in [-0.2, 0) is 0 Å². The number of nitrogens with zero attached hydrogens (tertiary/aromatic N) is 4. The monoisotopic (exact) mass is 224 g/mol. The fourth-order valence-electron chi connectivity index (χ4n) is 0.805. The number of hydrogen-bond acceptors (Lipinski definition) is 4. The summed E-state index contributed by atoms with van der Waals surface area (Å²) in [5.41, 5.74) is 0.520. The van der Waals surface area contributed by atoms with Crippen LogP contribution in [0.1, 0.15) is 0 Å². The molecule has 0 aliphatic heterocycles. The fourth-order valence-corrected chi connectivity index (χ4v) is 1.21. The molecule has 0 aromatic carbocycles. The van der Waals surface area contributed by atoms with Crippen LogP contribution in [-0.4, -0.2) is 11.4 Å². The second kappa shape index (κ2) is 4.57. The lowest BCUT2D eigenvalue weighted by atomic mass is 10.1. The highest BCUT2D eigenvalue weighted by molar-refractivity contribution is 6.55. The largest absolute Gasteiger partial charge is 0.206 e. The van der Waals surface area contributed by atoms with Crippen LogP contribution in [0.25, 0.3) is 0 Å². The number of aliphatic imine (C=N–C) groups is 2. The number of allylic oxidation sites excluding steroid dienone is 4. The van der Waals surface area contributed by atoms with Crippen LogP contribution in [0.3, 0.4) is 0 Å².